The van der Waals surface area contributed by atoms with E-state index in [1.54, 1.807) is 22.2 Å². The van der Waals surface area contributed by atoms with Gasteiger partial charge in [-0.2, -0.15) is 9.97 Å². The van der Waals surface area contributed by atoms with Crippen LogP contribution in [-0.4, -0.2) is 49.1 Å². The molecule has 30 heavy (non-hydrogen) atoms. The van der Waals surface area contributed by atoms with Crippen LogP contribution in [0.1, 0.15) is 49.2 Å². The highest BCUT2D eigenvalue weighted by atomic mass is 35.5. The van der Waals surface area contributed by atoms with Crippen LogP contribution in [0, 0.1) is 0 Å². The van der Waals surface area contributed by atoms with Gasteiger partial charge >= 0.3 is 6.03 Å². The third-order valence-corrected chi connectivity index (χ3v) is 5.16. The number of aromatic amines is 1. The molecule has 1 N–H and O–H groups in total. The predicted molar refractivity (Wildman–Crippen MR) is 111 cm³/mol. The van der Waals surface area contributed by atoms with E-state index in [1.807, 2.05) is 12.1 Å². The van der Waals surface area contributed by atoms with Crippen molar-refractivity contribution in [1.29, 1.82) is 0 Å². The number of urea groups is 1. The molecule has 158 valence electrons. The molecule has 1 aliphatic heterocycles. The van der Waals surface area contributed by atoms with Crippen LogP contribution < -0.4 is 4.90 Å². The van der Waals surface area contributed by atoms with Gasteiger partial charge in [0, 0.05) is 38.3 Å². The lowest BCUT2D eigenvalue weighted by atomic mass is 10.2. The number of halogens is 1. The third-order valence-electron chi connectivity index (χ3n) is 4.98. The lowest BCUT2D eigenvalue weighted by Gasteiger charge is -2.34. The molecule has 0 atom stereocenters. The molecule has 0 spiro atoms. The molecule has 4 rings (SSSR count). The number of pyridine rings is 1. The number of imidazole rings is 1. The Bertz CT molecular complexity index is 988. The van der Waals surface area contributed by atoms with E-state index in [1.165, 1.54) is 0 Å². The highest BCUT2D eigenvalue weighted by molar-refractivity contribution is 6.28. The number of unbranched alkanes of at least 4 members (excludes halogenated alkanes) is 1. The van der Waals surface area contributed by atoms with Gasteiger partial charge in [-0.25, -0.2) is 4.79 Å². The number of rotatable bonds is 9. The fourth-order valence-corrected chi connectivity index (χ4v) is 3.68. The first-order valence-corrected chi connectivity index (χ1v) is 10.5. The molecule has 0 bridgehead atoms. The lowest BCUT2D eigenvalue weighted by molar-refractivity contribution is 0.195. The number of fused-ring (bicyclic) bond motifs is 1. The van der Waals surface area contributed by atoms with Crippen LogP contribution in [0.2, 0.25) is 5.28 Å². The van der Waals surface area contributed by atoms with Gasteiger partial charge in [-0.05, 0) is 36.1 Å². The first-order valence-electron chi connectivity index (χ1n) is 10.1. The molecular formula is C20H24ClN7O2. The van der Waals surface area contributed by atoms with E-state index in [0.717, 1.165) is 30.5 Å². The number of anilines is 1. The van der Waals surface area contributed by atoms with E-state index in [-0.39, 0.29) is 6.03 Å². The number of aryl methyl sites for hydroxylation is 1. The van der Waals surface area contributed by atoms with Gasteiger partial charge in [0.1, 0.15) is 0 Å². The highest BCUT2D eigenvalue weighted by Gasteiger charge is 2.32. The number of carbonyl (C=O) groups is 1. The SMILES string of the molecule is CCCCN1C(=O)N(CCCc2nc(Cc3cccnc3)no2)Cc2[nH]c(Cl)nc21. The summed E-state index contributed by atoms with van der Waals surface area (Å²) < 4.78 is 5.36. The number of nitrogens with one attached hydrogen (secondary N) is 1. The summed E-state index contributed by atoms with van der Waals surface area (Å²) in [5.41, 5.74) is 1.90. The van der Waals surface area contributed by atoms with Gasteiger partial charge in [-0.15, -0.1) is 0 Å². The summed E-state index contributed by atoms with van der Waals surface area (Å²) in [6, 6.07) is 3.82. The van der Waals surface area contributed by atoms with Gasteiger partial charge in [-0.3, -0.25) is 9.88 Å². The van der Waals surface area contributed by atoms with Gasteiger partial charge < -0.3 is 14.4 Å². The summed E-state index contributed by atoms with van der Waals surface area (Å²) in [7, 11) is 0. The Labute approximate surface area is 179 Å². The second-order valence-electron chi connectivity index (χ2n) is 7.29. The van der Waals surface area contributed by atoms with Crippen LogP contribution in [0.4, 0.5) is 10.6 Å². The molecule has 4 heterocycles. The summed E-state index contributed by atoms with van der Waals surface area (Å²) in [6.45, 7) is 3.77. The van der Waals surface area contributed by atoms with E-state index in [2.05, 4.69) is 32.0 Å². The van der Waals surface area contributed by atoms with Crippen LogP contribution in [0.5, 0.6) is 0 Å². The minimum Gasteiger partial charge on any atom is -0.339 e. The van der Waals surface area contributed by atoms with Gasteiger partial charge in [0.2, 0.25) is 11.2 Å². The van der Waals surface area contributed by atoms with Crippen LogP contribution >= 0.6 is 11.6 Å². The van der Waals surface area contributed by atoms with Crippen molar-refractivity contribution in [3.05, 3.63) is 52.8 Å². The van der Waals surface area contributed by atoms with E-state index in [4.69, 9.17) is 16.1 Å². The van der Waals surface area contributed by atoms with E-state index in [0.29, 0.717) is 55.3 Å². The number of hydrogen-bond donors (Lipinski definition) is 1. The van der Waals surface area contributed by atoms with E-state index >= 15 is 0 Å². The number of hydrogen-bond acceptors (Lipinski definition) is 6. The standard InChI is InChI=1S/C20H24ClN7O2/c1-2-3-10-28-18-15(23-19(21)25-18)13-27(20(28)29)9-5-7-17-24-16(26-30-17)11-14-6-4-8-22-12-14/h4,6,8,12H,2-3,5,7,9-11,13H2,1H3,(H,23,25). The molecule has 1 aliphatic rings. The van der Waals surface area contributed by atoms with Crippen molar-refractivity contribution < 1.29 is 9.32 Å². The minimum atomic E-state index is -0.0399. The fourth-order valence-electron chi connectivity index (χ4n) is 3.48. The van der Waals surface area contributed by atoms with Crippen LogP contribution in [-0.2, 0) is 19.4 Å². The van der Waals surface area contributed by atoms with Crippen molar-refractivity contribution in [2.75, 3.05) is 18.0 Å². The van der Waals surface area contributed by atoms with Crippen molar-refractivity contribution in [2.24, 2.45) is 0 Å². The monoisotopic (exact) mass is 429 g/mol. The maximum absolute atomic E-state index is 13.0. The zero-order valence-corrected chi connectivity index (χ0v) is 17.6. The Kier molecular flexibility index (Phi) is 6.27. The lowest BCUT2D eigenvalue weighted by Crippen LogP contribution is -2.48. The molecule has 0 fully saturated rings. The first-order chi connectivity index (χ1) is 14.6. The number of amides is 2. The van der Waals surface area contributed by atoms with Gasteiger partial charge in [-0.1, -0.05) is 24.6 Å². The second kappa shape index (κ2) is 9.25. The van der Waals surface area contributed by atoms with Crippen molar-refractivity contribution in [1.82, 2.24) is 30.0 Å². The Morgan fingerprint density at radius 2 is 2.17 bits per heavy atom. The summed E-state index contributed by atoms with van der Waals surface area (Å²) >= 11 is 6.04. The molecule has 0 unspecified atom stereocenters. The molecule has 0 aliphatic carbocycles. The van der Waals surface area contributed by atoms with Crippen molar-refractivity contribution in [2.45, 2.75) is 45.6 Å². The highest BCUT2D eigenvalue weighted by Crippen LogP contribution is 2.28. The van der Waals surface area contributed by atoms with E-state index < -0.39 is 0 Å². The summed E-state index contributed by atoms with van der Waals surface area (Å²) in [5.74, 6) is 1.85. The molecule has 3 aromatic heterocycles. The molecule has 9 nitrogen and oxygen atoms in total. The van der Waals surface area contributed by atoms with Crippen LogP contribution in [0.15, 0.2) is 29.0 Å². The maximum Gasteiger partial charge on any atom is 0.326 e. The van der Waals surface area contributed by atoms with Crippen molar-refractivity contribution in [3.8, 4) is 0 Å². The van der Waals surface area contributed by atoms with Crippen LogP contribution in [0.25, 0.3) is 0 Å². The zero-order chi connectivity index (χ0) is 20.9. The maximum atomic E-state index is 13.0. The molecule has 0 radical (unpaired) electrons. The van der Waals surface area contributed by atoms with Gasteiger partial charge in [0.25, 0.3) is 0 Å². The Morgan fingerprint density at radius 1 is 1.27 bits per heavy atom. The molecule has 3 aromatic rings. The number of aromatic nitrogens is 5. The van der Waals surface area contributed by atoms with Crippen molar-refractivity contribution in [3.63, 3.8) is 0 Å². The van der Waals surface area contributed by atoms with Crippen molar-refractivity contribution >= 4 is 23.4 Å². The zero-order valence-electron chi connectivity index (χ0n) is 16.8. The van der Waals surface area contributed by atoms with E-state index in [9.17, 15) is 4.79 Å². The number of nitrogens with zero attached hydrogens (tertiary/aromatic N) is 6. The van der Waals surface area contributed by atoms with Gasteiger partial charge in [0.05, 0.1) is 12.2 Å². The largest absolute Gasteiger partial charge is 0.339 e. The Balaban J connectivity index is 1.34. The second-order valence-corrected chi connectivity index (χ2v) is 7.64. The Morgan fingerprint density at radius 3 is 2.97 bits per heavy atom. The number of carbonyl (C=O) groups excluding carboxylic acids is 1. The normalized spacial score (nSPS) is 13.7. The molecule has 0 saturated carbocycles. The molecule has 0 saturated heterocycles. The smallest absolute Gasteiger partial charge is 0.326 e. The molecular weight excluding hydrogens is 406 g/mol. The summed E-state index contributed by atoms with van der Waals surface area (Å²) in [6.07, 6.45) is 7.34. The van der Waals surface area contributed by atoms with Crippen LogP contribution in [0.3, 0.4) is 0 Å². The Hall–Kier alpha value is -2.94. The summed E-state index contributed by atoms with van der Waals surface area (Å²) in [4.78, 5) is 32.4. The fraction of sp³-hybridized carbons (Fsp3) is 0.450. The molecule has 10 heteroatoms. The number of H-pyrrole nitrogens is 1. The molecule has 0 aromatic carbocycles. The minimum absolute atomic E-state index is 0.0399. The quantitative estimate of drug-likeness (QED) is 0.557. The topological polar surface area (TPSA) is 104 Å². The average molecular weight is 430 g/mol. The predicted octanol–water partition coefficient (Wildman–Crippen LogP) is 3.61. The molecule has 2 amide bonds. The average Bonchev–Trinajstić information content (AvgIpc) is 3.34. The van der Waals surface area contributed by atoms with Gasteiger partial charge in [0.15, 0.2) is 11.6 Å². The summed E-state index contributed by atoms with van der Waals surface area (Å²) in [5, 5.41) is 4.35. The third kappa shape index (κ3) is 4.62. The first kappa shape index (κ1) is 20.3.